The molecular formula is C20H29IN4O2. The molecule has 3 rings (SSSR count). The van der Waals surface area contributed by atoms with Gasteiger partial charge in [0.2, 0.25) is 0 Å². The van der Waals surface area contributed by atoms with Crippen molar-refractivity contribution in [2.45, 2.75) is 45.6 Å². The van der Waals surface area contributed by atoms with E-state index in [9.17, 15) is 0 Å². The van der Waals surface area contributed by atoms with Gasteiger partial charge < -0.3 is 19.9 Å². The summed E-state index contributed by atoms with van der Waals surface area (Å²) in [5.41, 5.74) is 3.43. The zero-order valence-electron chi connectivity index (χ0n) is 16.2. The second kappa shape index (κ2) is 10.5. The molecule has 0 saturated heterocycles. The van der Waals surface area contributed by atoms with Crippen LogP contribution in [-0.2, 0) is 19.4 Å². The summed E-state index contributed by atoms with van der Waals surface area (Å²) < 4.78 is 11.2. The van der Waals surface area contributed by atoms with Gasteiger partial charge in [-0.1, -0.05) is 37.2 Å². The van der Waals surface area contributed by atoms with E-state index >= 15 is 0 Å². The molecule has 1 aromatic heterocycles. The molecule has 0 spiro atoms. The third-order valence-corrected chi connectivity index (χ3v) is 4.86. The molecule has 2 N–H and O–H groups in total. The van der Waals surface area contributed by atoms with Crippen molar-refractivity contribution in [3.63, 3.8) is 0 Å². The number of aromatic nitrogens is 1. The van der Waals surface area contributed by atoms with E-state index in [4.69, 9.17) is 9.26 Å². The molecule has 0 radical (unpaired) electrons. The maximum atomic E-state index is 5.74. The molecule has 0 fully saturated rings. The molecule has 1 aromatic carbocycles. The Morgan fingerprint density at radius 2 is 2.04 bits per heavy atom. The fraction of sp³-hybridized carbons (Fsp3) is 0.500. The number of rotatable bonds is 6. The van der Waals surface area contributed by atoms with Crippen molar-refractivity contribution >= 4 is 29.9 Å². The highest BCUT2D eigenvalue weighted by Gasteiger charge is 2.21. The molecule has 148 valence electrons. The number of aliphatic imine (C=N–C) groups is 1. The highest BCUT2D eigenvalue weighted by Crippen LogP contribution is 2.32. The van der Waals surface area contributed by atoms with Crippen molar-refractivity contribution in [2.75, 3.05) is 20.2 Å². The molecule has 1 aliphatic heterocycles. The first kappa shape index (κ1) is 21.5. The fourth-order valence-corrected chi connectivity index (χ4v) is 3.38. The lowest BCUT2D eigenvalue weighted by Gasteiger charge is -2.26. The first-order chi connectivity index (χ1) is 12.8. The van der Waals surface area contributed by atoms with E-state index in [0.717, 1.165) is 61.1 Å². The first-order valence-corrected chi connectivity index (χ1v) is 9.39. The summed E-state index contributed by atoms with van der Waals surface area (Å²) in [7, 11) is 1.79. The molecule has 7 heteroatoms. The van der Waals surface area contributed by atoms with Gasteiger partial charge in [0, 0.05) is 38.0 Å². The Morgan fingerprint density at radius 1 is 1.22 bits per heavy atom. The quantitative estimate of drug-likeness (QED) is 0.372. The molecule has 0 bridgehead atoms. The monoisotopic (exact) mass is 484 g/mol. The van der Waals surface area contributed by atoms with Crippen LogP contribution in [0, 0.1) is 0 Å². The van der Waals surface area contributed by atoms with Gasteiger partial charge in [0.1, 0.15) is 11.5 Å². The number of hydrogen-bond donors (Lipinski definition) is 2. The number of ether oxygens (including phenoxy) is 1. The molecule has 2 heterocycles. The van der Waals surface area contributed by atoms with Crippen LogP contribution in [0.4, 0.5) is 0 Å². The number of benzene rings is 1. The van der Waals surface area contributed by atoms with E-state index in [2.05, 4.69) is 46.8 Å². The predicted octanol–water partition coefficient (Wildman–Crippen LogP) is 3.65. The molecule has 0 aliphatic carbocycles. The Hall–Kier alpha value is -1.77. The number of halogens is 1. The van der Waals surface area contributed by atoms with Gasteiger partial charge in [-0.05, 0) is 24.5 Å². The van der Waals surface area contributed by atoms with Gasteiger partial charge in [-0.25, -0.2) is 0 Å². The zero-order chi connectivity index (χ0) is 18.4. The molecular weight excluding hydrogens is 455 g/mol. The van der Waals surface area contributed by atoms with Crippen LogP contribution in [0.15, 0.2) is 33.8 Å². The Bertz CT molecular complexity index is 739. The SMILES string of the molecule is CCc1noc(CC)c1CNC(=NC)NCC1CCOc2ccccc21.I. The number of hydrogen-bond acceptors (Lipinski definition) is 4. The van der Waals surface area contributed by atoms with Crippen molar-refractivity contribution in [2.24, 2.45) is 4.99 Å². The lowest BCUT2D eigenvalue weighted by molar-refractivity contribution is 0.267. The van der Waals surface area contributed by atoms with Gasteiger partial charge in [-0.15, -0.1) is 24.0 Å². The topological polar surface area (TPSA) is 71.7 Å². The van der Waals surface area contributed by atoms with Gasteiger partial charge in [0.15, 0.2) is 5.96 Å². The summed E-state index contributed by atoms with van der Waals surface area (Å²) in [5.74, 6) is 3.16. The third-order valence-electron chi connectivity index (χ3n) is 4.86. The van der Waals surface area contributed by atoms with E-state index in [0.29, 0.717) is 12.5 Å². The predicted molar refractivity (Wildman–Crippen MR) is 118 cm³/mol. The van der Waals surface area contributed by atoms with Crippen molar-refractivity contribution in [1.82, 2.24) is 15.8 Å². The number of fused-ring (bicyclic) bond motifs is 1. The molecule has 1 atom stereocenters. The Balaban J connectivity index is 0.00000261. The van der Waals surface area contributed by atoms with E-state index in [-0.39, 0.29) is 24.0 Å². The maximum absolute atomic E-state index is 5.74. The summed E-state index contributed by atoms with van der Waals surface area (Å²) in [6.45, 7) is 6.43. The Kier molecular flexibility index (Phi) is 8.40. The third kappa shape index (κ3) is 5.15. The lowest BCUT2D eigenvalue weighted by Crippen LogP contribution is -2.39. The van der Waals surface area contributed by atoms with Crippen LogP contribution >= 0.6 is 24.0 Å². The van der Waals surface area contributed by atoms with Crippen LogP contribution in [0.2, 0.25) is 0 Å². The van der Waals surface area contributed by atoms with Crippen molar-refractivity contribution in [3.05, 3.63) is 46.8 Å². The minimum absolute atomic E-state index is 0. The summed E-state index contributed by atoms with van der Waals surface area (Å²) in [5, 5.41) is 11.0. The van der Waals surface area contributed by atoms with E-state index in [1.165, 1.54) is 5.56 Å². The molecule has 1 unspecified atom stereocenters. The Labute approximate surface area is 178 Å². The van der Waals surface area contributed by atoms with E-state index in [1.807, 2.05) is 12.1 Å². The Morgan fingerprint density at radius 3 is 2.78 bits per heavy atom. The molecule has 1 aliphatic rings. The van der Waals surface area contributed by atoms with Gasteiger partial charge >= 0.3 is 0 Å². The molecule has 6 nitrogen and oxygen atoms in total. The van der Waals surface area contributed by atoms with Crippen LogP contribution in [0.5, 0.6) is 5.75 Å². The highest BCUT2D eigenvalue weighted by molar-refractivity contribution is 14.0. The van der Waals surface area contributed by atoms with Crippen molar-refractivity contribution in [1.29, 1.82) is 0 Å². The van der Waals surface area contributed by atoms with Gasteiger partial charge in [-0.3, -0.25) is 4.99 Å². The largest absolute Gasteiger partial charge is 0.493 e. The minimum atomic E-state index is 0. The average molecular weight is 484 g/mol. The number of aryl methyl sites for hydroxylation is 2. The maximum Gasteiger partial charge on any atom is 0.191 e. The number of para-hydroxylation sites is 1. The smallest absolute Gasteiger partial charge is 0.191 e. The normalized spacial score (nSPS) is 16.1. The first-order valence-electron chi connectivity index (χ1n) is 9.39. The minimum Gasteiger partial charge on any atom is -0.493 e. The van der Waals surface area contributed by atoms with Crippen LogP contribution in [0.1, 0.15) is 48.8 Å². The van der Waals surface area contributed by atoms with E-state index < -0.39 is 0 Å². The summed E-state index contributed by atoms with van der Waals surface area (Å²) in [6.07, 6.45) is 2.72. The molecule has 27 heavy (non-hydrogen) atoms. The van der Waals surface area contributed by atoms with Crippen LogP contribution < -0.4 is 15.4 Å². The van der Waals surface area contributed by atoms with Crippen LogP contribution in [0.3, 0.4) is 0 Å². The fourth-order valence-electron chi connectivity index (χ4n) is 3.38. The average Bonchev–Trinajstić information content (AvgIpc) is 3.10. The van der Waals surface area contributed by atoms with E-state index in [1.54, 1.807) is 7.05 Å². The zero-order valence-corrected chi connectivity index (χ0v) is 18.6. The van der Waals surface area contributed by atoms with Crippen molar-refractivity contribution < 1.29 is 9.26 Å². The van der Waals surface area contributed by atoms with Gasteiger partial charge in [0.05, 0.1) is 12.3 Å². The van der Waals surface area contributed by atoms with Gasteiger partial charge in [-0.2, -0.15) is 0 Å². The highest BCUT2D eigenvalue weighted by atomic mass is 127. The van der Waals surface area contributed by atoms with Crippen molar-refractivity contribution in [3.8, 4) is 5.75 Å². The molecule has 0 amide bonds. The number of nitrogens with zero attached hydrogens (tertiary/aromatic N) is 2. The second-order valence-corrected chi connectivity index (χ2v) is 6.42. The lowest BCUT2D eigenvalue weighted by atomic mass is 9.93. The van der Waals surface area contributed by atoms with Crippen LogP contribution in [0.25, 0.3) is 0 Å². The summed E-state index contributed by atoms with van der Waals surface area (Å²) >= 11 is 0. The summed E-state index contributed by atoms with van der Waals surface area (Å²) in [6, 6.07) is 8.27. The van der Waals surface area contributed by atoms with Crippen LogP contribution in [-0.4, -0.2) is 31.3 Å². The standard InChI is InChI=1S/C20H28N4O2.HI/c1-4-17-16(18(5-2)26-24-17)13-23-20(21-3)22-12-14-10-11-25-19-9-7-6-8-15(14)19;/h6-9,14H,4-5,10-13H2,1-3H3,(H2,21,22,23);1H. The second-order valence-electron chi connectivity index (χ2n) is 6.42. The molecule has 0 saturated carbocycles. The molecule has 2 aromatic rings. The number of nitrogens with one attached hydrogen (secondary N) is 2. The van der Waals surface area contributed by atoms with Gasteiger partial charge in [0.25, 0.3) is 0 Å². The number of guanidine groups is 1. The summed E-state index contributed by atoms with van der Waals surface area (Å²) in [4.78, 5) is 4.35.